The minimum Gasteiger partial charge on any atom is -0.361 e. The number of aromatic nitrogens is 3. The lowest BCUT2D eigenvalue weighted by atomic mass is 10.1. The lowest BCUT2D eigenvalue weighted by Gasteiger charge is -2.20. The predicted octanol–water partition coefficient (Wildman–Crippen LogP) is 2.86. The van der Waals surface area contributed by atoms with Gasteiger partial charge in [0.25, 0.3) is 0 Å². The highest BCUT2D eigenvalue weighted by molar-refractivity contribution is 9.10. The average molecular weight is 341 g/mol. The lowest BCUT2D eigenvalue weighted by Crippen LogP contribution is -2.38. The predicted molar refractivity (Wildman–Crippen MR) is 81.7 cm³/mol. The third-order valence-electron chi connectivity index (χ3n) is 3.32. The summed E-state index contributed by atoms with van der Waals surface area (Å²) in [5, 5.41) is 11.9. The Balaban J connectivity index is 1.86. The molecule has 0 radical (unpaired) electrons. The van der Waals surface area contributed by atoms with E-state index >= 15 is 0 Å². The first-order valence-electron chi connectivity index (χ1n) is 6.81. The van der Waals surface area contributed by atoms with Crippen LogP contribution >= 0.6 is 15.9 Å². The van der Waals surface area contributed by atoms with Gasteiger partial charge in [0, 0.05) is 23.8 Å². The Morgan fingerprint density at radius 3 is 2.65 bits per heavy atom. The maximum absolute atomic E-state index is 5.20. The van der Waals surface area contributed by atoms with Gasteiger partial charge in [0.2, 0.25) is 0 Å². The van der Waals surface area contributed by atoms with Crippen molar-refractivity contribution in [1.29, 1.82) is 0 Å². The first-order chi connectivity index (χ1) is 9.45. The zero-order chi connectivity index (χ0) is 14.7. The Morgan fingerprint density at radius 1 is 1.35 bits per heavy atom. The quantitative estimate of drug-likeness (QED) is 0.878. The van der Waals surface area contributed by atoms with Gasteiger partial charge < -0.3 is 9.84 Å². The van der Waals surface area contributed by atoms with Crippen LogP contribution in [0.5, 0.6) is 0 Å². The average Bonchev–Trinajstić information content (AvgIpc) is 2.89. The van der Waals surface area contributed by atoms with Crippen LogP contribution in [0.15, 0.2) is 21.4 Å². The molecular formula is C14H21BrN4O. The van der Waals surface area contributed by atoms with Crippen molar-refractivity contribution >= 4 is 15.9 Å². The monoisotopic (exact) mass is 340 g/mol. The second-order valence-corrected chi connectivity index (χ2v) is 6.27. The topological polar surface area (TPSA) is 55.9 Å². The van der Waals surface area contributed by atoms with Gasteiger partial charge in [0.1, 0.15) is 5.76 Å². The van der Waals surface area contributed by atoms with Gasteiger partial charge in [-0.05, 0) is 50.0 Å². The number of rotatable bonds is 6. The van der Waals surface area contributed by atoms with Crippen molar-refractivity contribution in [3.63, 3.8) is 0 Å². The molecule has 1 N–H and O–H groups in total. The zero-order valence-electron chi connectivity index (χ0n) is 12.4. The standard InChI is InChI=1S/C14H21BrN4O/c1-9(5-14-11(3)18-20-12(14)4)17-10(2)7-19-8-13(15)6-16-19/h6,8-10,17H,5,7H2,1-4H3. The van der Waals surface area contributed by atoms with E-state index in [1.807, 2.05) is 24.7 Å². The van der Waals surface area contributed by atoms with Gasteiger partial charge in [-0.3, -0.25) is 4.68 Å². The molecule has 2 heterocycles. The molecule has 2 aromatic heterocycles. The fourth-order valence-corrected chi connectivity index (χ4v) is 2.74. The second-order valence-electron chi connectivity index (χ2n) is 5.36. The highest BCUT2D eigenvalue weighted by Gasteiger charge is 2.14. The van der Waals surface area contributed by atoms with Crippen LogP contribution in [0.1, 0.15) is 30.9 Å². The molecule has 5 nitrogen and oxygen atoms in total. The maximum Gasteiger partial charge on any atom is 0.137 e. The van der Waals surface area contributed by atoms with Gasteiger partial charge in [-0.25, -0.2) is 0 Å². The fourth-order valence-electron chi connectivity index (χ4n) is 2.42. The van der Waals surface area contributed by atoms with Crippen molar-refractivity contribution in [1.82, 2.24) is 20.3 Å². The molecule has 0 saturated heterocycles. The van der Waals surface area contributed by atoms with Gasteiger partial charge >= 0.3 is 0 Å². The van der Waals surface area contributed by atoms with Crippen molar-refractivity contribution in [2.24, 2.45) is 0 Å². The van der Waals surface area contributed by atoms with E-state index < -0.39 is 0 Å². The Morgan fingerprint density at radius 2 is 2.10 bits per heavy atom. The SMILES string of the molecule is Cc1noc(C)c1CC(C)NC(C)Cn1cc(Br)cn1. The Kier molecular flexibility index (Phi) is 4.99. The van der Waals surface area contributed by atoms with E-state index in [4.69, 9.17) is 4.52 Å². The first-order valence-corrected chi connectivity index (χ1v) is 7.60. The molecule has 0 bridgehead atoms. The van der Waals surface area contributed by atoms with Crippen LogP contribution in [0.3, 0.4) is 0 Å². The molecule has 110 valence electrons. The van der Waals surface area contributed by atoms with Crippen LogP contribution in [0.25, 0.3) is 0 Å². The molecular weight excluding hydrogens is 320 g/mol. The Labute approximate surface area is 127 Å². The summed E-state index contributed by atoms with van der Waals surface area (Å²) in [5.41, 5.74) is 2.19. The third kappa shape index (κ3) is 3.93. The minimum atomic E-state index is 0.345. The summed E-state index contributed by atoms with van der Waals surface area (Å²) < 4.78 is 8.15. The molecule has 6 heteroatoms. The number of nitrogens with zero attached hydrogens (tertiary/aromatic N) is 3. The van der Waals surface area contributed by atoms with Crippen molar-refractivity contribution in [2.75, 3.05) is 0 Å². The van der Waals surface area contributed by atoms with Crippen molar-refractivity contribution in [3.05, 3.63) is 33.9 Å². The van der Waals surface area contributed by atoms with Gasteiger partial charge in [0.05, 0.1) is 22.9 Å². The molecule has 0 aromatic carbocycles. The van der Waals surface area contributed by atoms with E-state index in [0.29, 0.717) is 12.1 Å². The van der Waals surface area contributed by atoms with E-state index in [2.05, 4.69) is 45.3 Å². The highest BCUT2D eigenvalue weighted by Crippen LogP contribution is 2.14. The third-order valence-corrected chi connectivity index (χ3v) is 3.73. The van der Waals surface area contributed by atoms with Crippen LogP contribution in [0, 0.1) is 13.8 Å². The molecule has 0 fully saturated rings. The lowest BCUT2D eigenvalue weighted by molar-refractivity contribution is 0.388. The number of halogens is 1. The van der Waals surface area contributed by atoms with E-state index in [1.165, 1.54) is 5.56 Å². The highest BCUT2D eigenvalue weighted by atomic mass is 79.9. The zero-order valence-corrected chi connectivity index (χ0v) is 13.9. The summed E-state index contributed by atoms with van der Waals surface area (Å²) in [6.45, 7) is 9.15. The largest absolute Gasteiger partial charge is 0.361 e. The van der Waals surface area contributed by atoms with Gasteiger partial charge in [-0.2, -0.15) is 5.10 Å². The van der Waals surface area contributed by atoms with Crippen LogP contribution in [-0.4, -0.2) is 27.0 Å². The molecule has 0 aliphatic rings. The number of aryl methyl sites for hydroxylation is 2. The van der Waals surface area contributed by atoms with Crippen LogP contribution in [-0.2, 0) is 13.0 Å². The molecule has 0 spiro atoms. The van der Waals surface area contributed by atoms with Crippen molar-refractivity contribution < 1.29 is 4.52 Å². The molecule has 2 atom stereocenters. The molecule has 2 unspecified atom stereocenters. The summed E-state index contributed by atoms with van der Waals surface area (Å²) in [4.78, 5) is 0. The number of hydrogen-bond donors (Lipinski definition) is 1. The molecule has 0 aliphatic carbocycles. The van der Waals surface area contributed by atoms with Crippen molar-refractivity contribution in [3.8, 4) is 0 Å². The van der Waals surface area contributed by atoms with Crippen molar-refractivity contribution in [2.45, 2.75) is 52.7 Å². The summed E-state index contributed by atoms with van der Waals surface area (Å²) in [6, 6.07) is 0.707. The van der Waals surface area contributed by atoms with Crippen LogP contribution in [0.4, 0.5) is 0 Å². The van der Waals surface area contributed by atoms with Crippen LogP contribution < -0.4 is 5.32 Å². The van der Waals surface area contributed by atoms with Gasteiger partial charge in [-0.1, -0.05) is 5.16 Å². The van der Waals surface area contributed by atoms with E-state index in [-0.39, 0.29) is 0 Å². The number of hydrogen-bond acceptors (Lipinski definition) is 4. The van der Waals surface area contributed by atoms with E-state index in [0.717, 1.165) is 28.9 Å². The van der Waals surface area contributed by atoms with Crippen LogP contribution in [0.2, 0.25) is 0 Å². The van der Waals surface area contributed by atoms with Gasteiger partial charge in [0.15, 0.2) is 0 Å². The number of nitrogens with one attached hydrogen (secondary N) is 1. The second kappa shape index (κ2) is 6.54. The molecule has 2 rings (SSSR count). The summed E-state index contributed by atoms with van der Waals surface area (Å²) >= 11 is 3.41. The molecule has 0 aliphatic heterocycles. The first kappa shape index (κ1) is 15.3. The normalized spacial score (nSPS) is 14.4. The minimum absolute atomic E-state index is 0.345. The van der Waals surface area contributed by atoms with Gasteiger partial charge in [-0.15, -0.1) is 0 Å². The summed E-state index contributed by atoms with van der Waals surface area (Å²) in [5.74, 6) is 0.916. The molecule has 20 heavy (non-hydrogen) atoms. The Hall–Kier alpha value is -1.14. The summed E-state index contributed by atoms with van der Waals surface area (Å²) in [6.07, 6.45) is 4.71. The molecule has 0 amide bonds. The summed E-state index contributed by atoms with van der Waals surface area (Å²) in [7, 11) is 0. The Bertz CT molecular complexity index is 544. The van der Waals surface area contributed by atoms with E-state index in [1.54, 1.807) is 6.20 Å². The van der Waals surface area contributed by atoms with E-state index in [9.17, 15) is 0 Å². The maximum atomic E-state index is 5.20. The molecule has 2 aromatic rings. The molecule has 0 saturated carbocycles. The fraction of sp³-hybridized carbons (Fsp3) is 0.571. The smallest absolute Gasteiger partial charge is 0.137 e.